The topological polar surface area (TPSA) is 37.8 Å². The summed E-state index contributed by atoms with van der Waals surface area (Å²) in [4.78, 5) is 8.71. The highest BCUT2D eigenvalue weighted by atomic mass is 15.0. The summed E-state index contributed by atoms with van der Waals surface area (Å²) in [5, 5.41) is 4.53. The van der Waals surface area contributed by atoms with Crippen molar-refractivity contribution >= 4 is 43.3 Å². The molecule has 3 nitrogen and oxygen atoms in total. The van der Waals surface area contributed by atoms with E-state index in [0.717, 1.165) is 29.7 Å². The van der Waals surface area contributed by atoms with Crippen LogP contribution in [-0.2, 0) is 6.42 Å². The van der Waals surface area contributed by atoms with E-state index in [0.29, 0.717) is 0 Å². The molecule has 3 rings (SSSR count). The van der Waals surface area contributed by atoms with Gasteiger partial charge in [-0.15, -0.1) is 0 Å². The van der Waals surface area contributed by atoms with Crippen LogP contribution in [0, 0.1) is 6.92 Å². The average molecular weight is 287 g/mol. The molecule has 3 aromatic rings. The molecule has 1 aromatic heterocycles. The summed E-state index contributed by atoms with van der Waals surface area (Å²) in [7, 11) is 4.31. The van der Waals surface area contributed by atoms with Gasteiger partial charge in [0, 0.05) is 11.9 Å². The normalized spacial score (nSPS) is 10.8. The van der Waals surface area contributed by atoms with Gasteiger partial charge in [0.05, 0.1) is 5.52 Å². The summed E-state index contributed by atoms with van der Waals surface area (Å²) in [6.07, 6.45) is 2.61. The summed E-state index contributed by atoms with van der Waals surface area (Å²) >= 11 is 0. The monoisotopic (exact) mass is 287 g/mol. The van der Waals surface area contributed by atoms with Gasteiger partial charge in [0.2, 0.25) is 0 Å². The molecule has 0 unspecified atom stereocenters. The first-order valence-electron chi connectivity index (χ1n) is 7.65. The number of benzene rings is 2. The first kappa shape index (κ1) is 14.6. The third-order valence-corrected chi connectivity index (χ3v) is 4.07. The predicted octanol–water partition coefficient (Wildman–Crippen LogP) is 0.110. The molecule has 0 atom stereocenters. The molecule has 0 aliphatic heterocycles. The average Bonchev–Trinajstić information content (AvgIpc) is 2.51. The zero-order valence-electron chi connectivity index (χ0n) is 13.4. The Morgan fingerprint density at radius 3 is 2.68 bits per heavy atom. The zero-order chi connectivity index (χ0) is 15.5. The van der Waals surface area contributed by atoms with Gasteiger partial charge < -0.3 is 5.32 Å². The second-order valence-electron chi connectivity index (χ2n) is 5.84. The van der Waals surface area contributed by atoms with Crippen LogP contribution in [0.4, 0.5) is 5.82 Å². The van der Waals surface area contributed by atoms with E-state index in [9.17, 15) is 0 Å². The van der Waals surface area contributed by atoms with Crippen LogP contribution in [-0.4, -0.2) is 32.2 Å². The molecular weight excluding hydrogens is 268 g/mol. The van der Waals surface area contributed by atoms with E-state index >= 15 is 0 Å². The predicted molar refractivity (Wildman–Crippen MR) is 99.3 cm³/mol. The highest BCUT2D eigenvalue weighted by Gasteiger charge is 2.04. The van der Waals surface area contributed by atoms with E-state index in [1.54, 1.807) is 6.33 Å². The largest absolute Gasteiger partial charge is 0.369 e. The van der Waals surface area contributed by atoms with Crippen molar-refractivity contribution in [2.75, 3.05) is 11.9 Å². The van der Waals surface area contributed by atoms with E-state index in [4.69, 9.17) is 0 Å². The maximum absolute atomic E-state index is 4.39. The van der Waals surface area contributed by atoms with Crippen LogP contribution in [0.1, 0.15) is 11.1 Å². The van der Waals surface area contributed by atoms with E-state index in [1.807, 2.05) is 6.07 Å². The smallest absolute Gasteiger partial charge is 0.138 e. The van der Waals surface area contributed by atoms with Crippen molar-refractivity contribution in [3.05, 3.63) is 53.9 Å². The van der Waals surface area contributed by atoms with Crippen molar-refractivity contribution in [2.24, 2.45) is 0 Å². The fourth-order valence-corrected chi connectivity index (χ4v) is 2.60. The fourth-order valence-electron chi connectivity index (χ4n) is 2.60. The lowest BCUT2D eigenvalue weighted by Crippen LogP contribution is -2.25. The molecule has 0 radical (unpaired) electrons. The standard InChI is InChI=1S/C17H19B2N3/c1-11-2-5-16-13(8-11)17(22-10-21-16)20-7-6-12-3-4-14(18)15(19)9-12/h2-5,8-10H,6-7,18-19H2,1H3,(H,20,21,22). The van der Waals surface area contributed by atoms with Crippen molar-refractivity contribution in [3.63, 3.8) is 0 Å². The summed E-state index contributed by atoms with van der Waals surface area (Å²) in [5.74, 6) is 0.914. The fraction of sp³-hybridized carbons (Fsp3) is 0.176. The minimum absolute atomic E-state index is 0.864. The summed E-state index contributed by atoms with van der Waals surface area (Å²) in [6, 6.07) is 12.9. The highest BCUT2D eigenvalue weighted by molar-refractivity contribution is 6.48. The molecule has 108 valence electrons. The molecule has 0 aliphatic rings. The number of nitrogens with one attached hydrogen (secondary N) is 1. The molecule has 0 saturated carbocycles. The molecule has 0 saturated heterocycles. The SMILES string of the molecule is Bc1ccc(CCNc2ncnc3ccc(C)cc23)cc1B. The molecule has 22 heavy (non-hydrogen) atoms. The van der Waals surface area contributed by atoms with Gasteiger partial charge in [-0.2, -0.15) is 0 Å². The molecular formula is C17H19B2N3. The van der Waals surface area contributed by atoms with Crippen LogP contribution in [0.2, 0.25) is 0 Å². The first-order valence-corrected chi connectivity index (χ1v) is 7.65. The van der Waals surface area contributed by atoms with E-state index < -0.39 is 0 Å². The van der Waals surface area contributed by atoms with E-state index in [2.05, 4.69) is 68.2 Å². The van der Waals surface area contributed by atoms with Gasteiger partial charge in [0.15, 0.2) is 0 Å². The van der Waals surface area contributed by atoms with Crippen LogP contribution in [0.15, 0.2) is 42.7 Å². The minimum atomic E-state index is 0.864. The minimum Gasteiger partial charge on any atom is -0.369 e. The van der Waals surface area contributed by atoms with Crippen molar-refractivity contribution in [3.8, 4) is 0 Å². The van der Waals surface area contributed by atoms with E-state index in [-0.39, 0.29) is 0 Å². The van der Waals surface area contributed by atoms with Gasteiger partial charge in [0.1, 0.15) is 27.8 Å². The lowest BCUT2D eigenvalue weighted by molar-refractivity contribution is 1.01. The number of aryl methyl sites for hydroxylation is 1. The highest BCUT2D eigenvalue weighted by Crippen LogP contribution is 2.20. The quantitative estimate of drug-likeness (QED) is 0.692. The lowest BCUT2D eigenvalue weighted by atomic mass is 9.79. The molecule has 0 bridgehead atoms. The van der Waals surface area contributed by atoms with Gasteiger partial charge >= 0.3 is 0 Å². The van der Waals surface area contributed by atoms with Crippen molar-refractivity contribution in [1.82, 2.24) is 9.97 Å². The van der Waals surface area contributed by atoms with Crippen LogP contribution < -0.4 is 16.2 Å². The van der Waals surface area contributed by atoms with Gasteiger partial charge in [-0.05, 0) is 31.0 Å². The Balaban J connectivity index is 1.74. The zero-order valence-corrected chi connectivity index (χ0v) is 13.4. The van der Waals surface area contributed by atoms with Crippen molar-refractivity contribution in [2.45, 2.75) is 13.3 Å². The van der Waals surface area contributed by atoms with Crippen LogP contribution in [0.25, 0.3) is 10.9 Å². The molecule has 1 N–H and O–H groups in total. The van der Waals surface area contributed by atoms with Crippen molar-refractivity contribution < 1.29 is 0 Å². The first-order chi connectivity index (χ1) is 10.6. The molecule has 2 aromatic carbocycles. The summed E-state index contributed by atoms with van der Waals surface area (Å²) in [6.45, 7) is 2.95. The second kappa shape index (κ2) is 6.22. The van der Waals surface area contributed by atoms with Crippen molar-refractivity contribution in [1.29, 1.82) is 0 Å². The number of hydrogen-bond donors (Lipinski definition) is 1. The molecule has 0 amide bonds. The van der Waals surface area contributed by atoms with Gasteiger partial charge in [-0.3, -0.25) is 0 Å². The molecule has 0 spiro atoms. The Morgan fingerprint density at radius 1 is 1.00 bits per heavy atom. The van der Waals surface area contributed by atoms with Gasteiger partial charge in [-0.1, -0.05) is 40.8 Å². The number of rotatable bonds is 4. The second-order valence-corrected chi connectivity index (χ2v) is 5.84. The lowest BCUT2D eigenvalue weighted by Gasteiger charge is -2.10. The van der Waals surface area contributed by atoms with Crippen LogP contribution in [0.3, 0.4) is 0 Å². The van der Waals surface area contributed by atoms with E-state index in [1.165, 1.54) is 22.1 Å². The van der Waals surface area contributed by atoms with Crippen LogP contribution >= 0.6 is 0 Å². The number of fused-ring (bicyclic) bond motifs is 1. The summed E-state index contributed by atoms with van der Waals surface area (Å²) in [5.41, 5.74) is 6.24. The van der Waals surface area contributed by atoms with Crippen LogP contribution in [0.5, 0.6) is 0 Å². The molecule has 0 fully saturated rings. The maximum atomic E-state index is 4.39. The number of nitrogens with zero attached hydrogens (tertiary/aromatic N) is 2. The summed E-state index contributed by atoms with van der Waals surface area (Å²) < 4.78 is 0. The maximum Gasteiger partial charge on any atom is 0.138 e. The molecule has 1 heterocycles. The Bertz CT molecular complexity index is 818. The van der Waals surface area contributed by atoms with Gasteiger partial charge in [0.25, 0.3) is 0 Å². The number of anilines is 1. The molecule has 5 heteroatoms. The van der Waals surface area contributed by atoms with Gasteiger partial charge in [-0.25, -0.2) is 9.97 Å². The third kappa shape index (κ3) is 3.14. The number of aromatic nitrogens is 2. The Hall–Kier alpha value is -2.29. The Morgan fingerprint density at radius 2 is 1.86 bits per heavy atom. The number of hydrogen-bond acceptors (Lipinski definition) is 3. The Kier molecular flexibility index (Phi) is 4.14. The third-order valence-electron chi connectivity index (χ3n) is 4.07. The molecule has 0 aliphatic carbocycles. The Labute approximate surface area is 133 Å².